The zero-order valence-corrected chi connectivity index (χ0v) is 12.2. The average molecular weight is 283 g/mol. The van der Waals surface area contributed by atoms with Crippen LogP contribution in [0.5, 0.6) is 0 Å². The summed E-state index contributed by atoms with van der Waals surface area (Å²) in [5, 5.41) is 9.94. The highest BCUT2D eigenvalue weighted by Gasteiger charge is 2.37. The molecule has 0 spiro atoms. The molecule has 4 nitrogen and oxygen atoms in total. The van der Waals surface area contributed by atoms with Crippen LogP contribution in [-0.2, 0) is 10.0 Å². The molecular weight excluding hydrogens is 262 g/mol. The number of nitrogens with zero attached hydrogens (tertiary/aromatic N) is 1. The van der Waals surface area contributed by atoms with E-state index in [-0.39, 0.29) is 12.5 Å². The predicted molar refractivity (Wildman–Crippen MR) is 74.3 cm³/mol. The summed E-state index contributed by atoms with van der Waals surface area (Å²) in [5.41, 5.74) is 1.03. The van der Waals surface area contributed by atoms with E-state index in [1.54, 1.807) is 24.3 Å². The van der Waals surface area contributed by atoms with Crippen LogP contribution in [0.15, 0.2) is 29.2 Å². The van der Waals surface area contributed by atoms with Gasteiger partial charge in [0.25, 0.3) is 0 Å². The van der Waals surface area contributed by atoms with Gasteiger partial charge < -0.3 is 5.11 Å². The lowest BCUT2D eigenvalue weighted by atomic mass is 10.0. The molecule has 1 heterocycles. The van der Waals surface area contributed by atoms with Crippen molar-refractivity contribution in [2.24, 2.45) is 5.92 Å². The smallest absolute Gasteiger partial charge is 0.243 e. The molecule has 5 heteroatoms. The van der Waals surface area contributed by atoms with Crippen molar-refractivity contribution in [2.75, 3.05) is 13.1 Å². The standard InChI is InChI=1S/C14H21NO3S/c1-3-4-12-9-15(10-14(12)16)19(17,18)13-7-5-11(2)6-8-13/h5-8,12,14,16H,3-4,9-10H2,1-2H3/t12-,14+/m1/s1. The van der Waals surface area contributed by atoms with Gasteiger partial charge in [0.1, 0.15) is 0 Å². The molecule has 19 heavy (non-hydrogen) atoms. The Hall–Kier alpha value is -0.910. The molecule has 1 aliphatic heterocycles. The van der Waals surface area contributed by atoms with Gasteiger partial charge in [0.2, 0.25) is 10.0 Å². The Morgan fingerprint density at radius 2 is 1.89 bits per heavy atom. The Morgan fingerprint density at radius 3 is 2.47 bits per heavy atom. The second-order valence-electron chi connectivity index (χ2n) is 5.25. The largest absolute Gasteiger partial charge is 0.391 e. The number of benzene rings is 1. The van der Waals surface area contributed by atoms with Gasteiger partial charge >= 0.3 is 0 Å². The van der Waals surface area contributed by atoms with Crippen LogP contribution in [0.25, 0.3) is 0 Å². The number of hydrogen-bond acceptors (Lipinski definition) is 3. The van der Waals surface area contributed by atoms with Crippen molar-refractivity contribution in [1.82, 2.24) is 4.31 Å². The van der Waals surface area contributed by atoms with Crippen molar-refractivity contribution >= 4 is 10.0 Å². The first-order valence-corrected chi connectivity index (χ1v) is 8.14. The number of aliphatic hydroxyl groups excluding tert-OH is 1. The van der Waals surface area contributed by atoms with Crippen LogP contribution in [-0.4, -0.2) is 37.0 Å². The van der Waals surface area contributed by atoms with E-state index in [0.717, 1.165) is 18.4 Å². The van der Waals surface area contributed by atoms with Gasteiger partial charge in [0, 0.05) is 13.1 Å². The number of hydrogen-bond donors (Lipinski definition) is 1. The molecule has 1 fully saturated rings. The Labute approximate surface area is 115 Å². The summed E-state index contributed by atoms with van der Waals surface area (Å²) >= 11 is 0. The second-order valence-corrected chi connectivity index (χ2v) is 7.19. The molecule has 0 radical (unpaired) electrons. The third kappa shape index (κ3) is 2.99. The zero-order valence-electron chi connectivity index (χ0n) is 11.4. The average Bonchev–Trinajstić information content (AvgIpc) is 2.73. The highest BCUT2D eigenvalue weighted by Crippen LogP contribution is 2.27. The monoisotopic (exact) mass is 283 g/mol. The van der Waals surface area contributed by atoms with Gasteiger partial charge in [-0.15, -0.1) is 0 Å². The molecule has 0 amide bonds. The summed E-state index contributed by atoms with van der Waals surface area (Å²) in [6.07, 6.45) is 1.28. The van der Waals surface area contributed by atoms with E-state index >= 15 is 0 Å². The quantitative estimate of drug-likeness (QED) is 0.916. The Bertz CT molecular complexity index is 524. The maximum Gasteiger partial charge on any atom is 0.243 e. The zero-order chi connectivity index (χ0) is 14.0. The molecule has 1 saturated heterocycles. The minimum Gasteiger partial charge on any atom is -0.391 e. The van der Waals surface area contributed by atoms with Gasteiger partial charge in [-0.3, -0.25) is 0 Å². The normalized spacial score (nSPS) is 24.8. The fourth-order valence-corrected chi connectivity index (χ4v) is 4.04. The van der Waals surface area contributed by atoms with Gasteiger partial charge in [-0.2, -0.15) is 4.31 Å². The summed E-state index contributed by atoms with van der Waals surface area (Å²) in [5.74, 6) is 0.0604. The highest BCUT2D eigenvalue weighted by atomic mass is 32.2. The van der Waals surface area contributed by atoms with E-state index in [1.807, 2.05) is 13.8 Å². The van der Waals surface area contributed by atoms with E-state index in [1.165, 1.54) is 4.31 Å². The number of aliphatic hydroxyl groups is 1. The van der Waals surface area contributed by atoms with Gasteiger partial charge in [0.05, 0.1) is 11.0 Å². The number of aryl methyl sites for hydroxylation is 1. The molecule has 2 rings (SSSR count). The van der Waals surface area contributed by atoms with Gasteiger partial charge in [-0.1, -0.05) is 31.0 Å². The maximum atomic E-state index is 12.5. The van der Waals surface area contributed by atoms with Gasteiger partial charge in [0.15, 0.2) is 0 Å². The van der Waals surface area contributed by atoms with Crippen molar-refractivity contribution in [3.63, 3.8) is 0 Å². The van der Waals surface area contributed by atoms with E-state index in [2.05, 4.69) is 0 Å². The fourth-order valence-electron chi connectivity index (χ4n) is 2.53. The molecule has 106 valence electrons. The van der Waals surface area contributed by atoms with Crippen LogP contribution in [0, 0.1) is 12.8 Å². The fraction of sp³-hybridized carbons (Fsp3) is 0.571. The summed E-state index contributed by atoms with van der Waals surface area (Å²) in [6.45, 7) is 4.60. The van der Waals surface area contributed by atoms with Crippen molar-refractivity contribution < 1.29 is 13.5 Å². The molecule has 1 aromatic carbocycles. The maximum absolute atomic E-state index is 12.5. The van der Waals surface area contributed by atoms with Crippen LogP contribution < -0.4 is 0 Å². The summed E-state index contributed by atoms with van der Waals surface area (Å²) in [7, 11) is -3.47. The van der Waals surface area contributed by atoms with Crippen molar-refractivity contribution in [2.45, 2.75) is 37.7 Å². The second kappa shape index (κ2) is 5.61. The van der Waals surface area contributed by atoms with E-state index < -0.39 is 16.1 Å². The molecule has 0 saturated carbocycles. The minimum absolute atomic E-state index is 0.0604. The lowest BCUT2D eigenvalue weighted by Crippen LogP contribution is -2.29. The Balaban J connectivity index is 2.19. The molecular formula is C14H21NO3S. The van der Waals surface area contributed by atoms with Crippen LogP contribution in [0.4, 0.5) is 0 Å². The van der Waals surface area contributed by atoms with Crippen LogP contribution in [0.3, 0.4) is 0 Å². The number of sulfonamides is 1. The first kappa shape index (κ1) is 14.5. The van der Waals surface area contributed by atoms with Crippen molar-refractivity contribution in [3.8, 4) is 0 Å². The Kier molecular flexibility index (Phi) is 4.28. The van der Waals surface area contributed by atoms with E-state index in [4.69, 9.17) is 0 Å². The summed E-state index contributed by atoms with van der Waals surface area (Å²) in [6, 6.07) is 6.85. The molecule has 1 N–H and O–H groups in total. The topological polar surface area (TPSA) is 57.6 Å². The number of β-amino-alcohol motifs (C(OH)–C–C–N with tert-alkyl or cyclic N) is 1. The van der Waals surface area contributed by atoms with E-state index in [9.17, 15) is 13.5 Å². The summed E-state index contributed by atoms with van der Waals surface area (Å²) in [4.78, 5) is 0.308. The number of rotatable bonds is 4. The lowest BCUT2D eigenvalue weighted by molar-refractivity contribution is 0.140. The van der Waals surface area contributed by atoms with Crippen LogP contribution in [0.2, 0.25) is 0 Å². The SMILES string of the molecule is CCC[C@@H]1CN(S(=O)(=O)c2ccc(C)cc2)C[C@@H]1O. The third-order valence-corrected chi connectivity index (χ3v) is 5.54. The van der Waals surface area contributed by atoms with Gasteiger partial charge in [-0.05, 0) is 31.4 Å². The first-order valence-electron chi connectivity index (χ1n) is 6.70. The molecule has 0 aliphatic carbocycles. The molecule has 0 unspecified atom stereocenters. The highest BCUT2D eigenvalue weighted by molar-refractivity contribution is 7.89. The summed E-state index contributed by atoms with van der Waals surface area (Å²) < 4.78 is 26.3. The van der Waals surface area contributed by atoms with Gasteiger partial charge in [-0.25, -0.2) is 8.42 Å². The minimum atomic E-state index is -3.47. The molecule has 1 aromatic rings. The lowest BCUT2D eigenvalue weighted by Gasteiger charge is -2.16. The van der Waals surface area contributed by atoms with Crippen LogP contribution in [0.1, 0.15) is 25.3 Å². The molecule has 1 aliphatic rings. The molecule has 0 aromatic heterocycles. The molecule has 0 bridgehead atoms. The van der Waals surface area contributed by atoms with Crippen molar-refractivity contribution in [3.05, 3.63) is 29.8 Å². The molecule has 2 atom stereocenters. The predicted octanol–water partition coefficient (Wildman–Crippen LogP) is 1.78. The van der Waals surface area contributed by atoms with Crippen LogP contribution >= 0.6 is 0 Å². The first-order chi connectivity index (χ1) is 8.95. The Morgan fingerprint density at radius 1 is 1.26 bits per heavy atom. The third-order valence-electron chi connectivity index (χ3n) is 3.69. The van der Waals surface area contributed by atoms with E-state index in [0.29, 0.717) is 11.4 Å². The van der Waals surface area contributed by atoms with Crippen molar-refractivity contribution in [1.29, 1.82) is 0 Å².